The first-order valence-corrected chi connectivity index (χ1v) is 9.25. The third-order valence-electron chi connectivity index (χ3n) is 3.84. The second-order valence-corrected chi connectivity index (χ2v) is 6.34. The van der Waals surface area contributed by atoms with Gasteiger partial charge < -0.3 is 9.47 Å². The minimum absolute atomic E-state index is 0.0260. The van der Waals surface area contributed by atoms with Gasteiger partial charge in [0.1, 0.15) is 0 Å². The van der Waals surface area contributed by atoms with E-state index >= 15 is 0 Å². The number of esters is 2. The van der Waals surface area contributed by atoms with Crippen LogP contribution in [0.3, 0.4) is 0 Å². The predicted molar refractivity (Wildman–Crippen MR) is 108 cm³/mol. The lowest BCUT2D eigenvalue weighted by atomic mass is 10.1. The molecule has 0 bridgehead atoms. The van der Waals surface area contributed by atoms with E-state index < -0.39 is 21.8 Å². The van der Waals surface area contributed by atoms with E-state index in [1.165, 1.54) is 26.0 Å². The van der Waals surface area contributed by atoms with Gasteiger partial charge >= 0.3 is 11.9 Å². The zero-order chi connectivity index (χ0) is 22.5. The van der Waals surface area contributed by atoms with Crippen molar-refractivity contribution in [1.29, 1.82) is 0 Å². The quantitative estimate of drug-likeness (QED) is 0.216. The number of nitro groups is 2. The number of carbonyl (C=O) groups is 2. The average molecular weight is 420 g/mol. The van der Waals surface area contributed by atoms with Gasteiger partial charge in [-0.1, -0.05) is 24.3 Å². The second-order valence-electron chi connectivity index (χ2n) is 6.34. The molecule has 1 aromatic rings. The summed E-state index contributed by atoms with van der Waals surface area (Å²) in [5, 5.41) is 22.4. The van der Waals surface area contributed by atoms with E-state index in [0.717, 1.165) is 0 Å². The van der Waals surface area contributed by atoms with Crippen molar-refractivity contribution in [3.05, 3.63) is 67.0 Å². The lowest BCUT2D eigenvalue weighted by Crippen LogP contribution is -2.04. The number of benzene rings is 1. The van der Waals surface area contributed by atoms with Gasteiger partial charge in [0.15, 0.2) is 0 Å². The van der Waals surface area contributed by atoms with Crippen LogP contribution in [0.2, 0.25) is 0 Å². The largest absolute Gasteiger partial charge is 0.466 e. The summed E-state index contributed by atoms with van der Waals surface area (Å²) < 4.78 is 9.53. The third kappa shape index (κ3) is 10.1. The molecule has 0 fully saturated rings. The number of nitrogens with zero attached hydrogens (tertiary/aromatic N) is 2. The molecule has 0 unspecified atom stereocenters. The Hall–Kier alpha value is -3.56. The molecule has 10 heteroatoms. The molecule has 0 saturated heterocycles. The molecule has 0 heterocycles. The van der Waals surface area contributed by atoms with Crippen molar-refractivity contribution in [2.45, 2.75) is 39.5 Å². The highest BCUT2D eigenvalue weighted by Crippen LogP contribution is 2.17. The Morgan fingerprint density at radius 2 is 1.13 bits per heavy atom. The summed E-state index contributed by atoms with van der Waals surface area (Å²) in [6.07, 6.45) is 3.74. The molecule has 0 saturated carbocycles. The number of rotatable bonds is 12. The average Bonchev–Trinajstić information content (AvgIpc) is 2.67. The van der Waals surface area contributed by atoms with Crippen LogP contribution in [-0.2, 0) is 19.1 Å². The first-order chi connectivity index (χ1) is 14.2. The van der Waals surface area contributed by atoms with Crippen molar-refractivity contribution in [2.75, 3.05) is 13.2 Å². The smallest absolute Gasteiger partial charge is 0.302 e. The molecule has 0 aliphatic carbocycles. The number of hydrogen-bond donors (Lipinski definition) is 0. The second kappa shape index (κ2) is 12.8. The lowest BCUT2D eigenvalue weighted by Gasteiger charge is -2.03. The third-order valence-corrected chi connectivity index (χ3v) is 3.84. The molecule has 0 atom stereocenters. The zero-order valence-electron chi connectivity index (χ0n) is 16.9. The van der Waals surface area contributed by atoms with Crippen LogP contribution < -0.4 is 0 Å². The maximum Gasteiger partial charge on any atom is 0.302 e. The van der Waals surface area contributed by atoms with Gasteiger partial charge in [0.05, 0.1) is 23.1 Å². The molecule has 1 rings (SSSR count). The van der Waals surface area contributed by atoms with Gasteiger partial charge in [-0.25, -0.2) is 0 Å². The molecule has 162 valence electrons. The van der Waals surface area contributed by atoms with Crippen LogP contribution in [0, 0.1) is 20.2 Å². The molecule has 0 spiro atoms. The Labute approximate surface area is 173 Å². The van der Waals surface area contributed by atoms with Crippen molar-refractivity contribution in [3.63, 3.8) is 0 Å². The molecule has 0 amide bonds. The highest BCUT2D eigenvalue weighted by atomic mass is 16.6. The molecule has 1 aromatic carbocycles. The van der Waals surface area contributed by atoms with Crippen molar-refractivity contribution < 1.29 is 28.9 Å². The maximum absolute atomic E-state index is 11.2. The van der Waals surface area contributed by atoms with Gasteiger partial charge in [-0.15, -0.1) is 0 Å². The fourth-order valence-corrected chi connectivity index (χ4v) is 2.44. The van der Waals surface area contributed by atoms with Gasteiger partial charge in [-0.2, -0.15) is 0 Å². The summed E-state index contributed by atoms with van der Waals surface area (Å²) in [7, 11) is 0. The fourth-order valence-electron chi connectivity index (χ4n) is 2.44. The number of allylic oxidation sites excluding steroid dienone is 2. The molecular formula is C20H24N2O8. The van der Waals surface area contributed by atoms with Crippen molar-refractivity contribution in [2.24, 2.45) is 0 Å². The lowest BCUT2D eigenvalue weighted by molar-refractivity contribution is -0.426. The van der Waals surface area contributed by atoms with Gasteiger partial charge in [-0.3, -0.25) is 29.8 Å². The van der Waals surface area contributed by atoms with Gasteiger partial charge in [0.2, 0.25) is 11.4 Å². The Morgan fingerprint density at radius 3 is 1.40 bits per heavy atom. The molecule has 10 nitrogen and oxygen atoms in total. The molecule has 0 aliphatic rings. The highest BCUT2D eigenvalue weighted by molar-refractivity contribution is 5.66. The van der Waals surface area contributed by atoms with E-state index in [2.05, 4.69) is 0 Å². The zero-order valence-corrected chi connectivity index (χ0v) is 16.9. The Morgan fingerprint density at radius 1 is 0.800 bits per heavy atom. The first kappa shape index (κ1) is 24.5. The maximum atomic E-state index is 11.2. The Kier molecular flexibility index (Phi) is 10.5. The van der Waals surface area contributed by atoms with Crippen LogP contribution in [0.15, 0.2) is 35.7 Å². The molecule has 0 N–H and O–H groups in total. The highest BCUT2D eigenvalue weighted by Gasteiger charge is 2.13. The topological polar surface area (TPSA) is 139 Å². The minimum Gasteiger partial charge on any atom is -0.466 e. The van der Waals surface area contributed by atoms with E-state index in [9.17, 15) is 29.8 Å². The van der Waals surface area contributed by atoms with E-state index in [1.54, 1.807) is 24.3 Å². The predicted octanol–water partition coefficient (Wildman–Crippen LogP) is 3.61. The van der Waals surface area contributed by atoms with Crippen LogP contribution >= 0.6 is 0 Å². The summed E-state index contributed by atoms with van der Waals surface area (Å²) in [6.45, 7) is 2.74. The summed E-state index contributed by atoms with van der Waals surface area (Å²) in [6, 6.07) is 6.49. The molecule has 0 radical (unpaired) electrons. The standard InChI is InChI=1S/C20H24N2O8/c1-15(23)29-11-3-5-19(21(25)26)13-17-7-9-18(10-8-17)14-20(22(27)28)6-4-12-30-16(2)24/h7-10,13-14H,3-6,11-12H2,1-2H3/b19-13-,20-14+. The van der Waals surface area contributed by atoms with E-state index in [4.69, 9.17) is 9.47 Å². The summed E-state index contributed by atoms with van der Waals surface area (Å²) >= 11 is 0. The van der Waals surface area contributed by atoms with Crippen LogP contribution in [0.4, 0.5) is 0 Å². The Balaban J connectivity index is 2.80. The van der Waals surface area contributed by atoms with Crippen molar-refractivity contribution in [3.8, 4) is 0 Å². The monoisotopic (exact) mass is 420 g/mol. The number of ether oxygens (including phenoxy) is 2. The molecule has 0 aliphatic heterocycles. The molecule has 0 aromatic heterocycles. The van der Waals surface area contributed by atoms with E-state index in [1.807, 2.05) is 0 Å². The minimum atomic E-state index is -0.491. The van der Waals surface area contributed by atoms with Crippen molar-refractivity contribution >= 4 is 24.1 Å². The summed E-state index contributed by atoms with van der Waals surface area (Å²) in [4.78, 5) is 42.9. The van der Waals surface area contributed by atoms with E-state index in [0.29, 0.717) is 24.0 Å². The molecule has 30 heavy (non-hydrogen) atoms. The Bertz CT molecular complexity index is 759. The summed E-state index contributed by atoms with van der Waals surface area (Å²) in [5.74, 6) is -0.878. The van der Waals surface area contributed by atoms with Crippen LogP contribution in [-0.4, -0.2) is 35.0 Å². The van der Waals surface area contributed by atoms with Gasteiger partial charge in [0.25, 0.3) is 0 Å². The van der Waals surface area contributed by atoms with Crippen LogP contribution in [0.5, 0.6) is 0 Å². The van der Waals surface area contributed by atoms with Crippen molar-refractivity contribution in [1.82, 2.24) is 0 Å². The number of carbonyl (C=O) groups excluding carboxylic acids is 2. The van der Waals surface area contributed by atoms with Crippen LogP contribution in [0.1, 0.15) is 50.7 Å². The first-order valence-electron chi connectivity index (χ1n) is 9.25. The van der Waals surface area contributed by atoms with Crippen LogP contribution in [0.25, 0.3) is 12.2 Å². The number of hydrogen-bond acceptors (Lipinski definition) is 8. The summed E-state index contributed by atoms with van der Waals surface area (Å²) in [5.41, 5.74) is 1.09. The van der Waals surface area contributed by atoms with E-state index in [-0.39, 0.29) is 37.4 Å². The fraction of sp³-hybridized carbons (Fsp3) is 0.400. The van der Waals surface area contributed by atoms with Gasteiger partial charge in [0, 0.05) is 38.8 Å². The SMILES string of the molecule is CC(=O)OCCC/C(=C/c1ccc(/C=C(\CCCOC(C)=O)[N+](=O)[O-])cc1)[N+](=O)[O-]. The van der Waals surface area contributed by atoms with Gasteiger partial charge in [-0.05, 0) is 24.0 Å². The molecular weight excluding hydrogens is 396 g/mol. The normalized spacial score (nSPS) is 11.7.